The molecular weight excluding hydrogens is 417 g/mol. The Balaban J connectivity index is 2.08. The third-order valence-electron chi connectivity index (χ3n) is 3.79. The summed E-state index contributed by atoms with van der Waals surface area (Å²) in [6.45, 7) is 5.56. The monoisotopic (exact) mass is 437 g/mol. The number of carbonyl (C=O) groups excluding carboxylic acids is 4. The molecule has 2 rings (SSSR count). The zero-order chi connectivity index (χ0) is 21.8. The van der Waals surface area contributed by atoms with E-state index in [4.69, 9.17) is 27.9 Å². The fourth-order valence-corrected chi connectivity index (χ4v) is 3.11. The lowest BCUT2D eigenvalue weighted by molar-refractivity contribution is -0.154. The number of carbonyl (C=O) groups is 4. The predicted octanol–water partition coefficient (Wildman–Crippen LogP) is 3.94. The summed E-state index contributed by atoms with van der Waals surface area (Å²) in [5.74, 6) is -1.62. The average Bonchev–Trinajstić information content (AvgIpc) is 2.61. The summed E-state index contributed by atoms with van der Waals surface area (Å²) in [6.07, 6.45) is 3.99. The van der Waals surface area contributed by atoms with E-state index >= 15 is 0 Å². The maximum absolute atomic E-state index is 12.5. The average molecular weight is 438 g/mol. The van der Waals surface area contributed by atoms with Gasteiger partial charge in [-0.25, -0.2) is 0 Å². The maximum Gasteiger partial charge on any atom is 0.306 e. The van der Waals surface area contributed by atoms with Gasteiger partial charge in [0.25, 0.3) is 5.91 Å². The van der Waals surface area contributed by atoms with Crippen LogP contribution in [0.4, 0.5) is 0 Å². The highest BCUT2D eigenvalue weighted by atomic mass is 35.5. The molecule has 1 amide bonds. The van der Waals surface area contributed by atoms with Crippen LogP contribution in [0.2, 0.25) is 10.0 Å². The minimum atomic E-state index is -0.563. The number of allylic oxidation sites excluding steroid dienone is 4. The van der Waals surface area contributed by atoms with E-state index in [9.17, 15) is 19.2 Å². The molecule has 8 heteroatoms. The lowest BCUT2D eigenvalue weighted by Crippen LogP contribution is -2.27. The number of halogens is 2. The van der Waals surface area contributed by atoms with Crippen molar-refractivity contribution >= 4 is 52.2 Å². The van der Waals surface area contributed by atoms with Crippen molar-refractivity contribution in [2.24, 2.45) is 0 Å². The van der Waals surface area contributed by atoms with Crippen molar-refractivity contribution in [1.29, 1.82) is 0 Å². The third-order valence-corrected chi connectivity index (χ3v) is 4.41. The van der Waals surface area contributed by atoms with Gasteiger partial charge >= 0.3 is 5.97 Å². The fraction of sp³-hybridized carbons (Fsp3) is 0.333. The van der Waals surface area contributed by atoms with E-state index in [1.54, 1.807) is 20.8 Å². The van der Waals surface area contributed by atoms with Gasteiger partial charge in [0.2, 0.25) is 0 Å². The van der Waals surface area contributed by atoms with Crippen LogP contribution in [0.15, 0.2) is 30.4 Å². The van der Waals surface area contributed by atoms with Gasteiger partial charge in [0, 0.05) is 29.1 Å². The number of amides is 1. The van der Waals surface area contributed by atoms with Crippen molar-refractivity contribution in [2.45, 2.75) is 39.2 Å². The van der Waals surface area contributed by atoms with Crippen LogP contribution in [0, 0.1) is 0 Å². The first-order valence-electron chi connectivity index (χ1n) is 8.95. The van der Waals surface area contributed by atoms with Gasteiger partial charge in [-0.05, 0) is 57.6 Å². The Morgan fingerprint density at radius 1 is 1.10 bits per heavy atom. The first-order chi connectivity index (χ1) is 13.5. The number of esters is 1. The number of ether oxygens (including phenoxy) is 1. The number of rotatable bonds is 6. The molecule has 0 atom stereocenters. The second-order valence-electron chi connectivity index (χ2n) is 7.42. The molecule has 0 bridgehead atoms. The summed E-state index contributed by atoms with van der Waals surface area (Å²) in [5, 5.41) is 2.87. The van der Waals surface area contributed by atoms with Crippen LogP contribution >= 0.6 is 23.2 Å². The van der Waals surface area contributed by atoms with Gasteiger partial charge < -0.3 is 10.1 Å². The van der Waals surface area contributed by atoms with E-state index < -0.39 is 17.3 Å². The van der Waals surface area contributed by atoms with Gasteiger partial charge in [0.1, 0.15) is 5.60 Å². The highest BCUT2D eigenvalue weighted by Gasteiger charge is 2.22. The molecule has 0 aliphatic heterocycles. The zero-order valence-corrected chi connectivity index (χ0v) is 17.8. The Bertz CT molecular complexity index is 926. The van der Waals surface area contributed by atoms with E-state index in [0.29, 0.717) is 6.42 Å². The summed E-state index contributed by atoms with van der Waals surface area (Å²) in [6, 6.07) is 2.81. The van der Waals surface area contributed by atoms with Gasteiger partial charge in [-0.1, -0.05) is 23.2 Å². The SMILES string of the molecule is CC(C)(C)OC(=O)CCCNC(=O)c1cc(Cl)cc(C2=CC(=O)C=CC2=O)c1Cl. The maximum atomic E-state index is 12.5. The van der Waals surface area contributed by atoms with E-state index in [1.165, 1.54) is 12.1 Å². The Morgan fingerprint density at radius 3 is 2.45 bits per heavy atom. The lowest BCUT2D eigenvalue weighted by atomic mass is 9.94. The molecule has 1 aliphatic carbocycles. The standard InChI is InChI=1S/C21H21Cl2NO5/c1-21(2,3)29-18(27)5-4-8-24-20(28)16-10-12(22)9-15(19(16)23)14-11-13(25)6-7-17(14)26/h6-7,9-11H,4-5,8H2,1-3H3,(H,24,28). The Labute approximate surface area is 178 Å². The van der Waals surface area contributed by atoms with Crippen molar-refractivity contribution in [3.63, 3.8) is 0 Å². The van der Waals surface area contributed by atoms with Crippen LogP contribution in [0.1, 0.15) is 49.5 Å². The Morgan fingerprint density at radius 2 is 1.79 bits per heavy atom. The predicted molar refractivity (Wildman–Crippen MR) is 111 cm³/mol. The van der Waals surface area contributed by atoms with E-state index in [1.807, 2.05) is 0 Å². The molecule has 0 aromatic heterocycles. The van der Waals surface area contributed by atoms with E-state index in [-0.39, 0.29) is 51.5 Å². The normalized spacial score (nSPS) is 13.9. The first kappa shape index (κ1) is 22.8. The summed E-state index contributed by atoms with van der Waals surface area (Å²) in [4.78, 5) is 47.9. The van der Waals surface area contributed by atoms with Crippen LogP contribution in [0.3, 0.4) is 0 Å². The summed E-state index contributed by atoms with van der Waals surface area (Å²) < 4.78 is 5.20. The summed E-state index contributed by atoms with van der Waals surface area (Å²) in [7, 11) is 0. The molecule has 0 saturated heterocycles. The smallest absolute Gasteiger partial charge is 0.306 e. The molecule has 6 nitrogen and oxygen atoms in total. The minimum Gasteiger partial charge on any atom is -0.460 e. The molecule has 29 heavy (non-hydrogen) atoms. The highest BCUT2D eigenvalue weighted by Crippen LogP contribution is 2.32. The molecule has 0 saturated carbocycles. The number of ketones is 2. The molecule has 0 fully saturated rings. The van der Waals surface area contributed by atoms with Crippen LogP contribution in [0.5, 0.6) is 0 Å². The molecule has 0 radical (unpaired) electrons. The van der Waals surface area contributed by atoms with Crippen molar-refractivity contribution in [3.8, 4) is 0 Å². The number of hydrogen-bond donors (Lipinski definition) is 1. The van der Waals surface area contributed by atoms with E-state index in [0.717, 1.165) is 18.2 Å². The number of nitrogens with one attached hydrogen (secondary N) is 1. The number of hydrogen-bond acceptors (Lipinski definition) is 5. The molecule has 0 unspecified atom stereocenters. The second kappa shape index (κ2) is 9.37. The second-order valence-corrected chi connectivity index (χ2v) is 8.23. The van der Waals surface area contributed by atoms with Gasteiger partial charge in [-0.2, -0.15) is 0 Å². The third kappa shape index (κ3) is 6.54. The Hall–Kier alpha value is -2.44. The van der Waals surface area contributed by atoms with Gasteiger partial charge in [-0.15, -0.1) is 0 Å². The van der Waals surface area contributed by atoms with E-state index in [2.05, 4.69) is 5.32 Å². The fourth-order valence-electron chi connectivity index (χ4n) is 2.59. The zero-order valence-electron chi connectivity index (χ0n) is 16.3. The molecule has 0 heterocycles. The molecule has 154 valence electrons. The molecule has 1 aliphatic rings. The van der Waals surface area contributed by atoms with Crippen LogP contribution in [0.25, 0.3) is 5.57 Å². The summed E-state index contributed by atoms with van der Waals surface area (Å²) >= 11 is 12.4. The number of benzene rings is 1. The van der Waals surface area contributed by atoms with Crippen molar-refractivity contribution in [2.75, 3.05) is 6.54 Å². The van der Waals surface area contributed by atoms with Crippen molar-refractivity contribution < 1.29 is 23.9 Å². The van der Waals surface area contributed by atoms with Gasteiger partial charge in [0.15, 0.2) is 11.6 Å². The largest absolute Gasteiger partial charge is 0.460 e. The lowest BCUT2D eigenvalue weighted by Gasteiger charge is -2.19. The molecule has 1 aromatic carbocycles. The van der Waals surface area contributed by atoms with Crippen LogP contribution in [-0.2, 0) is 19.1 Å². The topological polar surface area (TPSA) is 89.5 Å². The minimum absolute atomic E-state index is 0.0155. The Kier molecular flexibility index (Phi) is 7.38. The quantitative estimate of drug-likeness (QED) is 0.413. The molecule has 0 spiro atoms. The van der Waals surface area contributed by atoms with Crippen molar-refractivity contribution in [3.05, 3.63) is 51.5 Å². The first-order valence-corrected chi connectivity index (χ1v) is 9.71. The highest BCUT2D eigenvalue weighted by molar-refractivity contribution is 6.42. The summed E-state index contributed by atoms with van der Waals surface area (Å²) in [5.41, 5.74) is -0.209. The van der Waals surface area contributed by atoms with Gasteiger partial charge in [0.05, 0.1) is 10.6 Å². The van der Waals surface area contributed by atoms with Gasteiger partial charge in [-0.3, -0.25) is 19.2 Å². The van der Waals surface area contributed by atoms with Crippen molar-refractivity contribution in [1.82, 2.24) is 5.32 Å². The molecule has 1 aromatic rings. The van der Waals surface area contributed by atoms with Crippen LogP contribution in [-0.4, -0.2) is 35.6 Å². The molecule has 1 N–H and O–H groups in total. The van der Waals surface area contributed by atoms with Crippen LogP contribution < -0.4 is 5.32 Å². The molecular formula is C21H21Cl2NO5.